The highest BCUT2D eigenvalue weighted by Gasteiger charge is 2.59. The minimum Gasteiger partial charge on any atom is -0.446 e. The van der Waals surface area contributed by atoms with Gasteiger partial charge in [0.1, 0.15) is 6.10 Å². The third-order valence-electron chi connectivity index (χ3n) is 11.5. The van der Waals surface area contributed by atoms with Gasteiger partial charge in [-0.2, -0.15) is 0 Å². The van der Waals surface area contributed by atoms with Gasteiger partial charge < -0.3 is 9.64 Å². The molecule has 0 bridgehead atoms. The predicted molar refractivity (Wildman–Crippen MR) is 146 cm³/mol. The van der Waals surface area contributed by atoms with Gasteiger partial charge in [0.15, 0.2) is 0 Å². The van der Waals surface area contributed by atoms with Crippen LogP contribution in [0, 0.1) is 46.3 Å². The second-order valence-electron chi connectivity index (χ2n) is 13.7. The number of carbonyl (C=O) groups excluding carboxylic acids is 1. The second-order valence-corrected chi connectivity index (χ2v) is 13.7. The first-order valence-electron chi connectivity index (χ1n) is 15.3. The van der Waals surface area contributed by atoms with Crippen LogP contribution in [0.25, 0.3) is 0 Å². The molecular formula is C32H55NO2. The van der Waals surface area contributed by atoms with Crippen molar-refractivity contribution in [3.8, 4) is 0 Å². The summed E-state index contributed by atoms with van der Waals surface area (Å²) in [7, 11) is 0. The van der Waals surface area contributed by atoms with Crippen LogP contribution in [0.1, 0.15) is 119 Å². The second kappa shape index (κ2) is 10.8. The maximum Gasteiger partial charge on any atom is 0.410 e. The molecule has 0 N–H and O–H groups in total. The smallest absolute Gasteiger partial charge is 0.410 e. The third kappa shape index (κ3) is 5.08. The van der Waals surface area contributed by atoms with E-state index in [9.17, 15) is 4.79 Å². The van der Waals surface area contributed by atoms with E-state index in [1.54, 1.807) is 10.5 Å². The van der Waals surface area contributed by atoms with Crippen LogP contribution < -0.4 is 0 Å². The lowest BCUT2D eigenvalue weighted by Gasteiger charge is -2.58. The van der Waals surface area contributed by atoms with Crippen LogP contribution in [0.3, 0.4) is 0 Å². The summed E-state index contributed by atoms with van der Waals surface area (Å²) >= 11 is 0. The Hall–Kier alpha value is -0.990. The maximum absolute atomic E-state index is 12.6. The Labute approximate surface area is 216 Å². The number of ether oxygens (including phenoxy) is 1. The van der Waals surface area contributed by atoms with E-state index in [0.29, 0.717) is 10.8 Å². The molecule has 35 heavy (non-hydrogen) atoms. The van der Waals surface area contributed by atoms with Gasteiger partial charge in [0.25, 0.3) is 0 Å². The largest absolute Gasteiger partial charge is 0.446 e. The van der Waals surface area contributed by atoms with Crippen molar-refractivity contribution in [3.63, 3.8) is 0 Å². The van der Waals surface area contributed by atoms with Gasteiger partial charge in [-0.05, 0) is 105 Å². The molecule has 0 aromatic heterocycles. The van der Waals surface area contributed by atoms with E-state index in [1.807, 2.05) is 13.8 Å². The maximum atomic E-state index is 12.6. The quantitative estimate of drug-likeness (QED) is 0.321. The Morgan fingerprint density at radius 1 is 1.03 bits per heavy atom. The molecule has 0 radical (unpaired) electrons. The number of hydrogen-bond acceptors (Lipinski definition) is 2. The Morgan fingerprint density at radius 2 is 1.77 bits per heavy atom. The average Bonchev–Trinajstić information content (AvgIpc) is 3.17. The van der Waals surface area contributed by atoms with Gasteiger partial charge >= 0.3 is 6.09 Å². The van der Waals surface area contributed by atoms with Gasteiger partial charge in [0, 0.05) is 19.5 Å². The lowest BCUT2D eigenvalue weighted by molar-refractivity contribution is -0.0592. The van der Waals surface area contributed by atoms with Crippen molar-refractivity contribution in [1.82, 2.24) is 4.90 Å². The summed E-state index contributed by atoms with van der Waals surface area (Å²) < 4.78 is 5.98. The van der Waals surface area contributed by atoms with E-state index >= 15 is 0 Å². The van der Waals surface area contributed by atoms with E-state index < -0.39 is 0 Å². The third-order valence-corrected chi connectivity index (χ3v) is 11.5. The molecule has 0 aromatic carbocycles. The number of hydrogen-bond donors (Lipinski definition) is 0. The zero-order valence-corrected chi connectivity index (χ0v) is 24.1. The van der Waals surface area contributed by atoms with Gasteiger partial charge in [-0.15, -0.1) is 0 Å². The molecule has 4 aliphatic carbocycles. The Balaban J connectivity index is 1.43. The summed E-state index contributed by atoms with van der Waals surface area (Å²) in [4.78, 5) is 14.4. The van der Waals surface area contributed by atoms with Crippen LogP contribution in [0.15, 0.2) is 11.6 Å². The minimum atomic E-state index is -0.120. The topological polar surface area (TPSA) is 29.5 Å². The lowest BCUT2D eigenvalue weighted by atomic mass is 9.47. The molecule has 3 fully saturated rings. The predicted octanol–water partition coefficient (Wildman–Crippen LogP) is 8.87. The molecule has 4 aliphatic rings. The number of fused-ring (bicyclic) bond motifs is 5. The lowest BCUT2D eigenvalue weighted by Crippen LogP contribution is -2.51. The highest BCUT2D eigenvalue weighted by Crippen LogP contribution is 2.67. The molecule has 0 saturated heterocycles. The number of carbonyl (C=O) groups is 1. The molecule has 1 amide bonds. The van der Waals surface area contributed by atoms with Gasteiger partial charge in [-0.1, -0.05) is 65.5 Å². The van der Waals surface area contributed by atoms with E-state index in [0.717, 1.165) is 61.4 Å². The van der Waals surface area contributed by atoms with Gasteiger partial charge in [0.05, 0.1) is 0 Å². The average molecular weight is 486 g/mol. The number of nitrogens with zero attached hydrogens (tertiary/aromatic N) is 1. The molecule has 3 saturated carbocycles. The molecule has 200 valence electrons. The molecule has 0 aromatic rings. The van der Waals surface area contributed by atoms with E-state index in [-0.39, 0.29) is 12.2 Å². The fourth-order valence-electron chi connectivity index (χ4n) is 9.45. The van der Waals surface area contributed by atoms with Crippen molar-refractivity contribution in [2.24, 2.45) is 46.3 Å². The first-order chi connectivity index (χ1) is 16.6. The summed E-state index contributed by atoms with van der Waals surface area (Å²) in [5.41, 5.74) is 2.49. The molecular weight excluding hydrogens is 430 g/mol. The fourth-order valence-corrected chi connectivity index (χ4v) is 9.45. The highest BCUT2D eigenvalue weighted by atomic mass is 16.6. The van der Waals surface area contributed by atoms with E-state index in [1.165, 1.54) is 57.8 Å². The highest BCUT2D eigenvalue weighted by molar-refractivity contribution is 5.67. The monoisotopic (exact) mass is 485 g/mol. The zero-order valence-electron chi connectivity index (χ0n) is 24.1. The van der Waals surface area contributed by atoms with Gasteiger partial charge in [0.2, 0.25) is 0 Å². The van der Waals surface area contributed by atoms with Crippen molar-refractivity contribution >= 4 is 6.09 Å². The molecule has 8 atom stereocenters. The van der Waals surface area contributed by atoms with Crippen LogP contribution in [-0.2, 0) is 4.74 Å². The summed E-state index contributed by atoms with van der Waals surface area (Å²) in [6.45, 7) is 18.1. The normalized spacial score (nSPS) is 39.3. The summed E-state index contributed by atoms with van der Waals surface area (Å²) in [6.07, 6.45) is 17.0. The fraction of sp³-hybridized carbons (Fsp3) is 0.906. The molecule has 0 aliphatic heterocycles. The Morgan fingerprint density at radius 3 is 2.46 bits per heavy atom. The van der Waals surface area contributed by atoms with Crippen molar-refractivity contribution < 1.29 is 9.53 Å². The first-order valence-corrected chi connectivity index (χ1v) is 15.3. The van der Waals surface area contributed by atoms with Crippen LogP contribution in [0.5, 0.6) is 0 Å². The van der Waals surface area contributed by atoms with Crippen molar-refractivity contribution in [2.45, 2.75) is 125 Å². The summed E-state index contributed by atoms with van der Waals surface area (Å²) in [5, 5.41) is 0. The number of amides is 1. The summed E-state index contributed by atoms with van der Waals surface area (Å²) in [6, 6.07) is 0. The summed E-state index contributed by atoms with van der Waals surface area (Å²) in [5.74, 6) is 5.24. The Kier molecular flexibility index (Phi) is 8.33. The molecule has 4 unspecified atom stereocenters. The Bertz CT molecular complexity index is 770. The SMILES string of the molecule is CCN(CC)C(=O)O[C@H]1CC[C@@]2(C)C(=CCC3C2CC[C@@]2(C)C3CC[C@@H]2C(C)CCCC(C)C)C1. The van der Waals surface area contributed by atoms with Crippen LogP contribution in [0.2, 0.25) is 0 Å². The first kappa shape index (κ1) is 27.1. The van der Waals surface area contributed by atoms with E-state index in [4.69, 9.17) is 4.74 Å². The van der Waals surface area contributed by atoms with Crippen molar-refractivity contribution in [2.75, 3.05) is 13.1 Å². The van der Waals surface area contributed by atoms with Crippen LogP contribution in [0.4, 0.5) is 4.79 Å². The minimum absolute atomic E-state index is 0.0652. The zero-order chi connectivity index (χ0) is 25.4. The van der Waals surface area contributed by atoms with Crippen molar-refractivity contribution in [1.29, 1.82) is 0 Å². The van der Waals surface area contributed by atoms with Gasteiger partial charge in [-0.3, -0.25) is 0 Å². The molecule has 3 nitrogen and oxygen atoms in total. The van der Waals surface area contributed by atoms with E-state index in [2.05, 4.69) is 40.7 Å². The van der Waals surface area contributed by atoms with Crippen LogP contribution >= 0.6 is 0 Å². The molecule has 0 heterocycles. The van der Waals surface area contributed by atoms with Crippen molar-refractivity contribution in [3.05, 3.63) is 11.6 Å². The standard InChI is InChI=1S/C32H55NO2/c1-8-33(9-2)30(34)35-25-17-19-31(6)24(21-25)13-14-26-28-16-15-27(23(5)12-10-11-22(3)4)32(28,7)20-18-29(26)31/h13,22-23,25-29H,8-12,14-21H2,1-7H3/t23?,25-,26?,27+,28?,29?,31-,32+/m0/s1. The molecule has 4 rings (SSSR count). The molecule has 3 heteroatoms. The van der Waals surface area contributed by atoms with Crippen LogP contribution in [-0.4, -0.2) is 30.2 Å². The number of allylic oxidation sites excluding steroid dienone is 1. The van der Waals surface area contributed by atoms with Gasteiger partial charge in [-0.25, -0.2) is 4.79 Å². The molecule has 0 spiro atoms. The number of rotatable bonds is 8.